The van der Waals surface area contributed by atoms with Gasteiger partial charge in [-0.05, 0) is 109 Å². The summed E-state index contributed by atoms with van der Waals surface area (Å²) in [5, 5.41) is 60.8. The van der Waals surface area contributed by atoms with Gasteiger partial charge in [0, 0.05) is 80.0 Å². The van der Waals surface area contributed by atoms with Gasteiger partial charge >= 0.3 is 76.3 Å². The molecule has 22 nitrogen and oxygen atoms in total. The number of rotatable bonds is 18. The second-order valence-electron chi connectivity index (χ2n) is 15.8. The largest absolute Gasteiger partial charge is 3.00 e. The van der Waals surface area contributed by atoms with Crippen LogP contribution in [0.4, 0.5) is 0 Å². The van der Waals surface area contributed by atoms with Crippen molar-refractivity contribution in [3.05, 3.63) is 215 Å². The first-order valence-electron chi connectivity index (χ1n) is 24.5. The molecule has 0 aromatic heterocycles. The summed E-state index contributed by atoms with van der Waals surface area (Å²) in [6.45, 7) is 0. The van der Waals surface area contributed by atoms with Crippen LogP contribution in [0.25, 0.3) is 36.5 Å². The zero-order valence-electron chi connectivity index (χ0n) is 50.6. The number of hydrogen-bond donors (Lipinski definition) is 0. The third-order valence-corrected chi connectivity index (χ3v) is 9.23. The summed E-state index contributed by atoms with van der Waals surface area (Å²) < 4.78 is 49.2. The van der Waals surface area contributed by atoms with Crippen molar-refractivity contribution in [2.45, 2.75) is 0 Å². The van der Waals surface area contributed by atoms with Crippen molar-refractivity contribution in [1.29, 1.82) is 0 Å². The van der Waals surface area contributed by atoms with Crippen LogP contribution in [0.1, 0.15) is 33.4 Å². The summed E-state index contributed by atoms with van der Waals surface area (Å²) >= 11 is 0. The van der Waals surface area contributed by atoms with Crippen LogP contribution in [0.15, 0.2) is 182 Å². The van der Waals surface area contributed by atoms with E-state index in [9.17, 15) is 67.8 Å². The molecule has 0 spiro atoms. The molecule has 0 amide bonds. The minimum absolute atomic E-state index is 0. The molecular formula is C64H72Dy2O22S2+2. The molecule has 26 heteroatoms. The second-order valence-corrected chi connectivity index (χ2v) is 18.8. The Morgan fingerprint density at radius 3 is 0.467 bits per heavy atom. The van der Waals surface area contributed by atoms with Crippen LogP contribution >= 0.6 is 0 Å². The van der Waals surface area contributed by atoms with E-state index >= 15 is 0 Å². The fourth-order valence-electron chi connectivity index (χ4n) is 5.77. The van der Waals surface area contributed by atoms with Crippen LogP contribution in [0.5, 0.6) is 34.5 Å². The molecule has 6 rings (SSSR count). The summed E-state index contributed by atoms with van der Waals surface area (Å²) in [6.07, 6.45) is 21.0. The average Bonchev–Trinajstić information content (AvgIpc) is 3.48. The molecule has 0 heterocycles. The zero-order chi connectivity index (χ0) is 65.2. The van der Waals surface area contributed by atoms with E-state index in [4.69, 9.17) is 28.4 Å². The fraction of sp³-hybridized carbons (Fsp3) is 0.156. The summed E-state index contributed by atoms with van der Waals surface area (Å²) in [7, 11) is 7.98. The number of hydrogen-bond acceptors (Lipinski definition) is 20. The maximum Gasteiger partial charge on any atom is 3.00 e. The van der Waals surface area contributed by atoms with Crippen LogP contribution in [0.2, 0.25) is 0 Å². The smallest absolute Gasteiger partial charge is 0.545 e. The monoisotopic (exact) mass is 1580 g/mol. The molecule has 6 aromatic carbocycles. The first-order valence-corrected chi connectivity index (χ1v) is 28.5. The molecule has 6 N–H and O–H groups in total. The van der Waals surface area contributed by atoms with Crippen LogP contribution in [-0.4, -0.2) is 112 Å². The first kappa shape index (κ1) is 93.3. The number of carboxylic acid groups (broad SMARTS) is 6. The van der Waals surface area contributed by atoms with Crippen molar-refractivity contribution in [2.75, 3.05) is 67.7 Å². The molecular weight excluding hydrogens is 1510 g/mol. The van der Waals surface area contributed by atoms with E-state index in [0.29, 0.717) is 67.9 Å². The summed E-state index contributed by atoms with van der Waals surface area (Å²) in [5.41, 5.74) is 4.30. The Bertz CT molecular complexity index is 2720. The van der Waals surface area contributed by atoms with Gasteiger partial charge in [-0.3, -0.25) is 8.42 Å². The molecule has 0 atom stereocenters. The van der Waals surface area contributed by atoms with Crippen molar-refractivity contribution in [3.8, 4) is 34.5 Å². The summed E-state index contributed by atoms with van der Waals surface area (Å²) in [5.74, 6) is -3.47. The van der Waals surface area contributed by atoms with E-state index in [2.05, 4.69) is 0 Å². The van der Waals surface area contributed by atoms with Crippen molar-refractivity contribution < 1.29 is 184 Å². The van der Waals surface area contributed by atoms with Gasteiger partial charge in [-0.15, -0.1) is 0 Å². The van der Waals surface area contributed by atoms with Gasteiger partial charge in [0.05, 0.1) is 78.5 Å². The van der Waals surface area contributed by atoms with E-state index in [1.165, 1.54) is 79.1 Å². The Kier molecular flexibility index (Phi) is 61.0. The number of carboxylic acids is 6. The molecule has 0 aliphatic carbocycles. The quantitative estimate of drug-likeness (QED) is 0.0852. The number of carbonyl (C=O) groups is 6. The standard InChI is InChI=1S/6C10H10O3.2C2H6OS.2Dy.2H2O/c6*1-13-9-5-3-2-4-8(9)6-7-10(11)12;2*1-4(2)3;;;;/h6*2-7H,1H3,(H,11,12);2*1-2H3;;;2*1H2/q;;;;;;;;2*+3;;/p-4/b6*7-6+;;;;;;. The molecule has 0 fully saturated rings. The predicted octanol–water partition coefficient (Wildman–Crippen LogP) is 0.895. The van der Waals surface area contributed by atoms with E-state index in [0.717, 1.165) is 36.5 Å². The minimum atomic E-state index is -1.22. The Balaban J connectivity index is -0.000000227. The second kappa shape index (κ2) is 58.8. The predicted molar refractivity (Wildman–Crippen MR) is 332 cm³/mol. The molecule has 6 aromatic rings. The Hall–Kier alpha value is -7.85. The van der Waals surface area contributed by atoms with Gasteiger partial charge in [-0.2, -0.15) is 0 Å². The first-order chi connectivity index (χ1) is 40.9. The summed E-state index contributed by atoms with van der Waals surface area (Å²) in [4.78, 5) is 60.8. The van der Waals surface area contributed by atoms with Gasteiger partial charge in [0.25, 0.3) is 0 Å². The number of aliphatic carboxylic acids is 6. The Labute approximate surface area is 589 Å². The van der Waals surface area contributed by atoms with Gasteiger partial charge in [-0.1, -0.05) is 109 Å². The average molecular weight is 1580 g/mol. The van der Waals surface area contributed by atoms with Crippen molar-refractivity contribution in [3.63, 3.8) is 0 Å². The number of carbonyl (C=O) groups excluding carboxylic acids is 6. The molecule has 0 aliphatic heterocycles. The van der Waals surface area contributed by atoms with Crippen LogP contribution in [-0.2, 0) is 61.3 Å². The minimum Gasteiger partial charge on any atom is -0.545 e. The van der Waals surface area contributed by atoms with Gasteiger partial charge in [0.15, 0.2) is 0 Å². The molecule has 0 saturated heterocycles. The van der Waals surface area contributed by atoms with Crippen LogP contribution in [0.3, 0.4) is 0 Å². The molecule has 0 bridgehead atoms. The third kappa shape index (κ3) is 50.1. The SMILES string of the molecule is COc1ccccc1/C=C/C(=O)[O-].COc1ccccc1/C=C/C(=O)[O-].COc1ccccc1/C=C/C(=O)[O-].COc1ccccc1/C=C/C(=O)[O-].COc1ccccc1/C=C/C(=O)[O-].COc1ccccc1/C=C/C(=O)[O-].CS(C)=O.CS(C)=O.[Dy+3].[Dy+3].[OH3+].[OH3+]. The molecule has 490 valence electrons. The van der Waals surface area contributed by atoms with E-state index < -0.39 is 57.4 Å². The Morgan fingerprint density at radius 2 is 0.378 bits per heavy atom. The van der Waals surface area contributed by atoms with E-state index in [1.807, 2.05) is 36.4 Å². The van der Waals surface area contributed by atoms with Crippen LogP contribution in [0, 0.1) is 76.3 Å². The van der Waals surface area contributed by atoms with Gasteiger partial charge in [-0.25, -0.2) is 0 Å². The van der Waals surface area contributed by atoms with Gasteiger partial charge < -0.3 is 98.8 Å². The molecule has 2 radical (unpaired) electrons. The number of ether oxygens (including phenoxy) is 6. The molecule has 0 saturated carbocycles. The molecule has 0 aliphatic rings. The van der Waals surface area contributed by atoms with Gasteiger partial charge in [0.1, 0.15) is 34.5 Å². The maximum atomic E-state index is 10.1. The van der Waals surface area contributed by atoms with E-state index in [1.54, 1.807) is 134 Å². The number of benzene rings is 6. The maximum absolute atomic E-state index is 10.1. The third-order valence-electron chi connectivity index (χ3n) is 9.23. The number of para-hydroxylation sites is 6. The van der Waals surface area contributed by atoms with Crippen LogP contribution < -0.4 is 59.1 Å². The van der Waals surface area contributed by atoms with Gasteiger partial charge in [0.2, 0.25) is 0 Å². The van der Waals surface area contributed by atoms with Crippen molar-refractivity contribution in [1.82, 2.24) is 0 Å². The fourth-order valence-corrected chi connectivity index (χ4v) is 5.77. The normalized spacial score (nSPS) is 9.64. The molecule has 90 heavy (non-hydrogen) atoms. The zero-order valence-corrected chi connectivity index (χ0v) is 56.2. The van der Waals surface area contributed by atoms with Crippen molar-refractivity contribution >= 4 is 93.9 Å². The van der Waals surface area contributed by atoms with Crippen molar-refractivity contribution in [2.24, 2.45) is 0 Å². The summed E-state index contributed by atoms with van der Waals surface area (Å²) in [6, 6.07) is 42.8. The number of methoxy groups -OCH3 is 6. The molecule has 0 unspecified atom stereocenters. The van der Waals surface area contributed by atoms with E-state index in [-0.39, 0.29) is 87.3 Å². The Morgan fingerprint density at radius 1 is 0.278 bits per heavy atom. The topological polar surface area (TPSA) is 396 Å².